The number of allylic oxidation sites excluding steroid dienone is 16. The van der Waals surface area contributed by atoms with Gasteiger partial charge in [0, 0.05) is 23.2 Å². The largest absolute Gasteiger partial charge is 0.399 e. The van der Waals surface area contributed by atoms with Gasteiger partial charge in [-0.2, -0.15) is 0 Å². The van der Waals surface area contributed by atoms with E-state index in [9.17, 15) is 0 Å². The lowest BCUT2D eigenvalue weighted by Crippen LogP contribution is -2.49. The predicted octanol–water partition coefficient (Wildman–Crippen LogP) is 15.8. The fraction of sp³-hybridized carbons (Fsp3) is 0.197. The summed E-state index contributed by atoms with van der Waals surface area (Å²) in [6.07, 6.45) is 33.2. The summed E-state index contributed by atoms with van der Waals surface area (Å²) in [6.45, 7) is 2.14. The molecule has 0 saturated carbocycles. The van der Waals surface area contributed by atoms with Crippen molar-refractivity contribution in [2.75, 3.05) is 0 Å². The van der Waals surface area contributed by atoms with E-state index in [1.807, 2.05) is 0 Å². The molecule has 2 N–H and O–H groups in total. The first kappa shape index (κ1) is 44.9. The topological polar surface area (TPSA) is 38.4 Å². The van der Waals surface area contributed by atoms with Gasteiger partial charge >= 0.3 is 0 Å². The minimum atomic E-state index is -0.704. The van der Waals surface area contributed by atoms with Crippen molar-refractivity contribution in [3.05, 3.63) is 318 Å². The number of hydrogen-bond donors (Lipinski definition) is 1. The van der Waals surface area contributed by atoms with E-state index in [0.717, 1.165) is 79.6 Å². The summed E-state index contributed by atoms with van der Waals surface area (Å²) in [4.78, 5) is 5.68. The summed E-state index contributed by atoms with van der Waals surface area (Å²) in [7, 11) is 0. The Morgan fingerprint density at radius 3 is 1.79 bits per heavy atom. The molecule has 6 aromatic carbocycles. The van der Waals surface area contributed by atoms with Crippen LogP contribution >= 0.6 is 0 Å². The van der Waals surface area contributed by atoms with Gasteiger partial charge in [0.15, 0.2) is 0 Å². The highest BCUT2D eigenvalue weighted by Gasteiger charge is 2.59. The Kier molecular flexibility index (Phi) is 11.2. The van der Waals surface area contributed by atoms with Crippen LogP contribution in [0.2, 0.25) is 0 Å². The molecule has 7 aliphatic carbocycles. The molecule has 0 fully saturated rings. The van der Waals surface area contributed by atoms with Crippen LogP contribution in [0.5, 0.6) is 0 Å². The van der Waals surface area contributed by atoms with Gasteiger partial charge in [0.05, 0.1) is 22.4 Å². The fourth-order valence-electron chi connectivity index (χ4n) is 14.4. The van der Waals surface area contributed by atoms with Crippen molar-refractivity contribution in [2.45, 2.75) is 86.9 Å². The van der Waals surface area contributed by atoms with E-state index in [1.165, 1.54) is 83.5 Å². The van der Waals surface area contributed by atoms with Crippen molar-refractivity contribution in [3.8, 4) is 12.3 Å². The summed E-state index contributed by atoms with van der Waals surface area (Å²) >= 11 is 0. The van der Waals surface area contributed by atoms with Gasteiger partial charge in [-0.1, -0.05) is 217 Å². The molecule has 6 aromatic rings. The molecule has 0 radical (unpaired) electrons. The van der Waals surface area contributed by atoms with Crippen LogP contribution in [0.15, 0.2) is 273 Å². The lowest BCUT2D eigenvalue weighted by Gasteiger charge is -2.56. The van der Waals surface area contributed by atoms with E-state index >= 15 is 0 Å². The van der Waals surface area contributed by atoms with Crippen LogP contribution in [0, 0.1) is 12.3 Å². The molecule has 0 bridgehead atoms. The number of terminal acetylenes is 1. The quantitative estimate of drug-likeness (QED) is 0.114. The van der Waals surface area contributed by atoms with Gasteiger partial charge in [-0.05, 0) is 154 Å². The van der Waals surface area contributed by atoms with Crippen molar-refractivity contribution in [1.29, 1.82) is 0 Å². The smallest absolute Gasteiger partial charge is 0.0704 e. The molecule has 0 aliphatic heterocycles. The third kappa shape index (κ3) is 7.04. The summed E-state index contributed by atoms with van der Waals surface area (Å²) in [5.41, 5.74) is 32.2. The Labute approximate surface area is 431 Å². The molecule has 5 unspecified atom stereocenters. The fourth-order valence-corrected chi connectivity index (χ4v) is 14.4. The number of aliphatic imine (C=N–C) groups is 1. The molecule has 0 saturated heterocycles. The first-order chi connectivity index (χ1) is 36.0. The van der Waals surface area contributed by atoms with Gasteiger partial charge in [-0.15, -0.1) is 6.42 Å². The molecule has 5 atom stereocenters. The first-order valence-corrected chi connectivity index (χ1v) is 26.6. The molecule has 0 spiro atoms. The molecule has 0 heterocycles. The SMILES string of the molecule is C#CC(/C=C(\N=C(/C)c1ccccc1)C1=CC2=C(CC1)C(C1=C3Cc4ccccc4C3CC=C1)(C1=C(N)C=CCC1)c1ccccc1C2(C1=C2Cc3ccccc3C2CC=C1)c1ccccc1)c1ccccc1. The molecule has 2 heteroatoms. The number of hydrogen-bond acceptors (Lipinski definition) is 2. The maximum atomic E-state index is 7.60. The molecule has 354 valence electrons. The summed E-state index contributed by atoms with van der Waals surface area (Å²) < 4.78 is 0. The van der Waals surface area contributed by atoms with E-state index in [2.05, 4.69) is 225 Å². The lowest BCUT2D eigenvalue weighted by atomic mass is 9.46. The van der Waals surface area contributed by atoms with E-state index in [4.69, 9.17) is 17.1 Å². The maximum absolute atomic E-state index is 7.60. The zero-order valence-electron chi connectivity index (χ0n) is 41.7. The lowest BCUT2D eigenvalue weighted by molar-refractivity contribution is 0.531. The van der Waals surface area contributed by atoms with Crippen molar-refractivity contribution >= 4 is 5.71 Å². The Bertz CT molecular complexity index is 3590. The Balaban J connectivity index is 1.19. The highest BCUT2D eigenvalue weighted by molar-refractivity contribution is 5.99. The minimum Gasteiger partial charge on any atom is -0.399 e. The third-order valence-electron chi connectivity index (χ3n) is 17.5. The van der Waals surface area contributed by atoms with Crippen LogP contribution in [0.25, 0.3) is 0 Å². The van der Waals surface area contributed by atoms with Crippen molar-refractivity contribution in [2.24, 2.45) is 10.7 Å². The third-order valence-corrected chi connectivity index (χ3v) is 17.5. The molecule has 73 heavy (non-hydrogen) atoms. The highest BCUT2D eigenvalue weighted by atomic mass is 14.8. The second-order valence-corrected chi connectivity index (χ2v) is 21.0. The van der Waals surface area contributed by atoms with Gasteiger partial charge in [0.25, 0.3) is 0 Å². The van der Waals surface area contributed by atoms with Crippen LogP contribution < -0.4 is 5.73 Å². The van der Waals surface area contributed by atoms with Crippen LogP contribution in [-0.4, -0.2) is 5.71 Å². The molecule has 2 nitrogen and oxygen atoms in total. The Morgan fingerprint density at radius 1 is 0.603 bits per heavy atom. The van der Waals surface area contributed by atoms with Gasteiger partial charge in [0.1, 0.15) is 0 Å². The second-order valence-electron chi connectivity index (χ2n) is 21.0. The van der Waals surface area contributed by atoms with E-state index < -0.39 is 10.8 Å². The van der Waals surface area contributed by atoms with Crippen molar-refractivity contribution in [3.63, 3.8) is 0 Å². The van der Waals surface area contributed by atoms with Crippen LogP contribution in [0.1, 0.15) is 113 Å². The van der Waals surface area contributed by atoms with E-state index in [-0.39, 0.29) is 5.92 Å². The molecular weight excluding hydrogens is 881 g/mol. The van der Waals surface area contributed by atoms with Gasteiger partial charge < -0.3 is 5.73 Å². The summed E-state index contributed by atoms with van der Waals surface area (Å²) in [5.74, 6) is 3.52. The molecule has 13 rings (SSSR count). The maximum Gasteiger partial charge on any atom is 0.0704 e. The normalized spacial score (nSPS) is 24.3. The number of nitrogens with two attached hydrogens (primary N) is 1. The Hall–Kier alpha value is -7.99. The van der Waals surface area contributed by atoms with Crippen LogP contribution in [0.4, 0.5) is 0 Å². The predicted molar refractivity (Wildman–Crippen MR) is 301 cm³/mol. The average Bonchev–Trinajstić information content (AvgIpc) is 4.04. The van der Waals surface area contributed by atoms with Crippen LogP contribution in [-0.2, 0) is 23.7 Å². The van der Waals surface area contributed by atoms with Gasteiger partial charge in [-0.3, -0.25) is 4.99 Å². The Morgan fingerprint density at radius 2 is 1.16 bits per heavy atom. The van der Waals surface area contributed by atoms with Crippen LogP contribution in [0.3, 0.4) is 0 Å². The summed E-state index contributed by atoms with van der Waals surface area (Å²) in [6, 6.07) is 60.6. The number of rotatable bonds is 9. The minimum absolute atomic E-state index is 0.284. The van der Waals surface area contributed by atoms with Crippen molar-refractivity contribution < 1.29 is 0 Å². The number of nitrogens with zero attached hydrogens (tertiary/aromatic N) is 1. The first-order valence-electron chi connectivity index (χ1n) is 26.6. The number of fused-ring (bicyclic) bond motifs is 7. The molecular formula is C71H60N2. The summed E-state index contributed by atoms with van der Waals surface area (Å²) in [5, 5.41) is 0. The van der Waals surface area contributed by atoms with Gasteiger partial charge in [-0.25, -0.2) is 0 Å². The highest BCUT2D eigenvalue weighted by Crippen LogP contribution is 2.67. The molecule has 7 aliphatic rings. The molecule has 0 amide bonds. The zero-order chi connectivity index (χ0) is 49.1. The van der Waals surface area contributed by atoms with Crippen molar-refractivity contribution in [1.82, 2.24) is 0 Å². The monoisotopic (exact) mass is 940 g/mol. The van der Waals surface area contributed by atoms with E-state index in [0.29, 0.717) is 11.8 Å². The standard InChI is InChI=1S/C71H60N2/c1-3-48(50-25-9-5-10-26-50)46-69(73-47(2)49-23-7-4-8-24-49)53-41-42-65-67(45-53)70(54-29-11-6-12-30-54,61-38-21-33-57-55-31-15-13-27-51(55)43-59(57)61)63-35-17-18-36-64(63)71(65,66-37-19-20-40-68(66)72)62-39-22-34-58-56-32-16-14-28-52(56)44-60(58)62/h1,4-18,20-32,35-36,38-40,45-46,48,57-58H,19,33-34,37,41-44,72H2,2H3/b69-46-,73-47+. The molecule has 0 aromatic heterocycles. The second kappa shape index (κ2) is 18.2. The average molecular weight is 941 g/mol. The van der Waals surface area contributed by atoms with Gasteiger partial charge in [0.2, 0.25) is 0 Å². The van der Waals surface area contributed by atoms with E-state index in [1.54, 1.807) is 0 Å². The zero-order valence-corrected chi connectivity index (χ0v) is 41.7. The number of benzene rings is 6.